The molecule has 0 atom stereocenters. The number of aromatic nitrogens is 4. The molecule has 14 nitrogen and oxygen atoms in total. The summed E-state index contributed by atoms with van der Waals surface area (Å²) in [4.78, 5) is 38.2. The number of aryl methyl sites for hydroxylation is 1. The number of anilines is 3. The third kappa shape index (κ3) is 6.96. The zero-order valence-corrected chi connectivity index (χ0v) is 23.1. The van der Waals surface area contributed by atoms with Crippen LogP contribution in [0.2, 0.25) is 0 Å². The standard InChI is InChI=1S/C27H34N8O6/c1-28-27(38)23-20(12-22(32-33-23)31-25(36)15-9-10-15)30-18-8-6-7-17(24(18)41-5)19-11-21(35(2)34-19)26(37)29-16(13-39-3)14-40-4/h6-8,11-12,15-16H,9-10,13-14H2,1-5H3,(H,28,38)(H,29,37)(H2,30,31,32,36)/i1D3. The minimum absolute atomic E-state index is 0.0618. The summed E-state index contributed by atoms with van der Waals surface area (Å²) in [7, 11) is 6.12. The van der Waals surface area contributed by atoms with Crippen LogP contribution in [0.3, 0.4) is 0 Å². The molecule has 0 spiro atoms. The summed E-state index contributed by atoms with van der Waals surface area (Å²) in [6.07, 6.45) is 1.54. The number of para-hydroxylation sites is 1. The molecule has 2 aromatic heterocycles. The van der Waals surface area contributed by atoms with Gasteiger partial charge in [0.15, 0.2) is 17.3 Å². The van der Waals surface area contributed by atoms with Gasteiger partial charge in [0, 0.05) is 49.9 Å². The van der Waals surface area contributed by atoms with Crippen LogP contribution < -0.4 is 26.0 Å². The van der Waals surface area contributed by atoms with Crippen molar-refractivity contribution in [3.63, 3.8) is 0 Å². The third-order valence-corrected chi connectivity index (χ3v) is 6.27. The van der Waals surface area contributed by atoms with E-state index >= 15 is 0 Å². The van der Waals surface area contributed by atoms with Crippen LogP contribution in [0, 0.1) is 5.92 Å². The molecule has 0 aliphatic heterocycles. The van der Waals surface area contributed by atoms with Gasteiger partial charge in [0.2, 0.25) is 5.91 Å². The average Bonchev–Trinajstić information content (AvgIpc) is 3.74. The largest absolute Gasteiger partial charge is 0.494 e. The van der Waals surface area contributed by atoms with Crippen LogP contribution in [0.5, 0.6) is 5.75 Å². The van der Waals surface area contributed by atoms with Gasteiger partial charge >= 0.3 is 0 Å². The van der Waals surface area contributed by atoms with E-state index < -0.39 is 12.9 Å². The number of amides is 3. The number of ether oxygens (including phenoxy) is 3. The molecule has 1 aliphatic rings. The normalized spacial score (nSPS) is 14.0. The Hall–Kier alpha value is -4.56. The maximum absolute atomic E-state index is 13.0. The van der Waals surface area contributed by atoms with Gasteiger partial charge in [0.25, 0.3) is 11.8 Å². The first-order valence-electron chi connectivity index (χ1n) is 14.2. The Kier molecular flexibility index (Phi) is 8.18. The first-order valence-corrected chi connectivity index (χ1v) is 12.7. The van der Waals surface area contributed by atoms with Crippen molar-refractivity contribution in [2.75, 3.05) is 52.2 Å². The maximum Gasteiger partial charge on any atom is 0.273 e. The lowest BCUT2D eigenvalue weighted by Crippen LogP contribution is -2.41. The summed E-state index contributed by atoms with van der Waals surface area (Å²) in [6, 6.07) is 7.71. The highest BCUT2D eigenvalue weighted by Gasteiger charge is 2.30. The predicted octanol–water partition coefficient (Wildman–Crippen LogP) is 1.73. The second kappa shape index (κ2) is 13.2. The van der Waals surface area contributed by atoms with Gasteiger partial charge in [-0.2, -0.15) is 5.10 Å². The summed E-state index contributed by atoms with van der Waals surface area (Å²) < 4.78 is 39.7. The molecule has 4 rings (SSSR count). The Morgan fingerprint density at radius 3 is 2.49 bits per heavy atom. The Bertz CT molecular complexity index is 1520. The molecule has 4 N–H and O–H groups in total. The van der Waals surface area contributed by atoms with E-state index in [0.717, 1.165) is 12.8 Å². The van der Waals surface area contributed by atoms with Gasteiger partial charge in [-0.15, -0.1) is 10.2 Å². The number of methoxy groups -OCH3 is 3. The van der Waals surface area contributed by atoms with E-state index in [0.29, 0.717) is 22.7 Å². The highest BCUT2D eigenvalue weighted by Crippen LogP contribution is 2.38. The van der Waals surface area contributed by atoms with Gasteiger partial charge in [-0.25, -0.2) is 0 Å². The Morgan fingerprint density at radius 2 is 1.83 bits per heavy atom. The summed E-state index contributed by atoms with van der Waals surface area (Å²) in [5, 5.41) is 22.8. The number of benzene rings is 1. The Balaban J connectivity index is 1.67. The van der Waals surface area contributed by atoms with Gasteiger partial charge in [0.05, 0.1) is 43.4 Å². The number of nitrogens with zero attached hydrogens (tertiary/aromatic N) is 4. The third-order valence-electron chi connectivity index (χ3n) is 6.27. The molecule has 1 aliphatic carbocycles. The van der Waals surface area contributed by atoms with Crippen LogP contribution in [0.1, 0.15) is 37.9 Å². The molecule has 0 bridgehead atoms. The van der Waals surface area contributed by atoms with Crippen molar-refractivity contribution in [3.05, 3.63) is 41.7 Å². The van der Waals surface area contributed by atoms with Crippen LogP contribution in [-0.2, 0) is 21.3 Å². The topological polar surface area (TPSA) is 171 Å². The molecule has 0 radical (unpaired) electrons. The second-order valence-corrected chi connectivity index (χ2v) is 9.34. The first-order chi connectivity index (χ1) is 20.9. The van der Waals surface area contributed by atoms with Crippen molar-refractivity contribution in [2.45, 2.75) is 18.9 Å². The second-order valence-electron chi connectivity index (χ2n) is 9.34. The van der Waals surface area contributed by atoms with E-state index in [9.17, 15) is 14.4 Å². The fraction of sp³-hybridized carbons (Fsp3) is 0.407. The van der Waals surface area contributed by atoms with Crippen LogP contribution in [0.25, 0.3) is 11.3 Å². The number of rotatable bonds is 13. The van der Waals surface area contributed by atoms with Crippen LogP contribution in [0.4, 0.5) is 17.2 Å². The lowest BCUT2D eigenvalue weighted by atomic mass is 10.1. The fourth-order valence-corrected chi connectivity index (χ4v) is 4.16. The lowest BCUT2D eigenvalue weighted by molar-refractivity contribution is -0.117. The van der Waals surface area contributed by atoms with Crippen LogP contribution in [-0.4, -0.2) is 85.3 Å². The smallest absolute Gasteiger partial charge is 0.273 e. The average molecular weight is 570 g/mol. The summed E-state index contributed by atoms with van der Waals surface area (Å²) in [5.74, 6) is -1.35. The van der Waals surface area contributed by atoms with Gasteiger partial charge in [0.1, 0.15) is 5.69 Å². The molecule has 218 valence electrons. The van der Waals surface area contributed by atoms with Gasteiger partial charge in [-0.3, -0.25) is 19.1 Å². The monoisotopic (exact) mass is 569 g/mol. The summed E-state index contributed by atoms with van der Waals surface area (Å²) in [5.41, 5.74) is 1.30. The number of hydrogen-bond acceptors (Lipinski definition) is 10. The molecule has 2 heterocycles. The predicted molar refractivity (Wildman–Crippen MR) is 150 cm³/mol. The summed E-state index contributed by atoms with van der Waals surface area (Å²) in [6.45, 7) is -2.26. The molecular weight excluding hydrogens is 532 g/mol. The van der Waals surface area contributed by atoms with Crippen molar-refractivity contribution >= 4 is 34.9 Å². The lowest BCUT2D eigenvalue weighted by Gasteiger charge is -2.16. The zero-order valence-electron chi connectivity index (χ0n) is 26.1. The number of carbonyl (C=O) groups excluding carboxylic acids is 3. The van der Waals surface area contributed by atoms with Crippen molar-refractivity contribution in [1.82, 2.24) is 30.6 Å². The Morgan fingerprint density at radius 1 is 1.07 bits per heavy atom. The van der Waals surface area contributed by atoms with Crippen molar-refractivity contribution in [3.8, 4) is 17.0 Å². The Labute approximate surface area is 241 Å². The van der Waals surface area contributed by atoms with Gasteiger partial charge in [-0.05, 0) is 31.0 Å². The molecule has 1 fully saturated rings. The molecule has 14 heteroatoms. The van der Waals surface area contributed by atoms with Crippen LogP contribution in [0.15, 0.2) is 30.3 Å². The van der Waals surface area contributed by atoms with E-state index in [4.69, 9.17) is 18.3 Å². The van der Waals surface area contributed by atoms with Gasteiger partial charge < -0.3 is 35.5 Å². The van der Waals surface area contributed by atoms with Gasteiger partial charge in [-0.1, -0.05) is 6.07 Å². The van der Waals surface area contributed by atoms with E-state index in [1.807, 2.05) is 5.32 Å². The zero-order chi connectivity index (χ0) is 32.0. The molecule has 1 aromatic carbocycles. The molecule has 0 unspecified atom stereocenters. The highest BCUT2D eigenvalue weighted by molar-refractivity contribution is 6.00. The minimum atomic E-state index is -2.78. The number of nitrogens with one attached hydrogen (secondary N) is 4. The molecule has 41 heavy (non-hydrogen) atoms. The highest BCUT2D eigenvalue weighted by atomic mass is 16.5. The molecular formula is C27H34N8O6. The van der Waals surface area contributed by atoms with Crippen molar-refractivity contribution in [1.29, 1.82) is 0 Å². The molecule has 3 amide bonds. The first kappa shape index (κ1) is 25.4. The van der Waals surface area contributed by atoms with E-state index in [1.165, 1.54) is 32.1 Å². The van der Waals surface area contributed by atoms with Crippen LogP contribution >= 0.6 is 0 Å². The fourth-order valence-electron chi connectivity index (χ4n) is 4.16. The van der Waals surface area contributed by atoms with Crippen molar-refractivity contribution < 1.29 is 32.7 Å². The number of hydrogen-bond donors (Lipinski definition) is 4. The van der Waals surface area contributed by atoms with E-state index in [1.54, 1.807) is 31.3 Å². The summed E-state index contributed by atoms with van der Waals surface area (Å²) >= 11 is 0. The van der Waals surface area contributed by atoms with E-state index in [2.05, 4.69) is 31.2 Å². The molecule has 3 aromatic rings. The molecule has 1 saturated carbocycles. The maximum atomic E-state index is 13.0. The molecule has 0 saturated heterocycles. The number of carbonyl (C=O) groups is 3. The van der Waals surface area contributed by atoms with Crippen molar-refractivity contribution in [2.24, 2.45) is 13.0 Å². The minimum Gasteiger partial charge on any atom is -0.494 e. The SMILES string of the molecule is [2H]C([2H])([2H])NC(=O)c1nnc(NC(=O)C2CC2)cc1Nc1cccc(-c2cc(C(=O)NC(COC)COC)n(C)n2)c1OC. The quantitative estimate of drug-likeness (QED) is 0.238. The van der Waals surface area contributed by atoms with E-state index in [-0.39, 0.29) is 59.9 Å².